The van der Waals surface area contributed by atoms with E-state index in [1.165, 1.54) is 24.3 Å². The van der Waals surface area contributed by atoms with Crippen LogP contribution in [-0.2, 0) is 16.6 Å². The van der Waals surface area contributed by atoms with E-state index < -0.39 is 15.8 Å². The molecule has 0 radical (unpaired) electrons. The topological polar surface area (TPSA) is 66.4 Å². The van der Waals surface area contributed by atoms with E-state index in [0.717, 1.165) is 12.1 Å². The van der Waals surface area contributed by atoms with Crippen LogP contribution in [0.1, 0.15) is 11.1 Å². The molecule has 0 atom stereocenters. The van der Waals surface area contributed by atoms with Crippen molar-refractivity contribution in [3.8, 4) is 0 Å². The zero-order chi connectivity index (χ0) is 15.6. The van der Waals surface area contributed by atoms with E-state index in [1.807, 2.05) is 0 Å². The third-order valence-corrected chi connectivity index (χ3v) is 4.71. The normalized spacial score (nSPS) is 11.4. The molecular weight excluding hydrogens is 317 g/mol. The second kappa shape index (κ2) is 6.01. The minimum atomic E-state index is -3.88. The number of aliphatic hydroxyl groups is 1. The van der Waals surface area contributed by atoms with Crippen molar-refractivity contribution in [1.29, 1.82) is 0 Å². The number of nitrogens with one attached hydrogen (secondary N) is 1. The van der Waals surface area contributed by atoms with Crippen LogP contribution >= 0.6 is 11.6 Å². The third-order valence-electron chi connectivity index (χ3n) is 2.99. The Bertz CT molecular complexity index is 761. The average molecular weight is 330 g/mol. The van der Waals surface area contributed by atoms with E-state index in [9.17, 15) is 17.9 Å². The first kappa shape index (κ1) is 15.8. The summed E-state index contributed by atoms with van der Waals surface area (Å²) in [4.78, 5) is -0.0247. The van der Waals surface area contributed by atoms with E-state index in [-0.39, 0.29) is 22.2 Å². The highest BCUT2D eigenvalue weighted by molar-refractivity contribution is 7.92. The molecule has 0 bridgehead atoms. The number of anilines is 1. The number of hydrogen-bond acceptors (Lipinski definition) is 3. The molecule has 0 fully saturated rings. The van der Waals surface area contributed by atoms with Crippen molar-refractivity contribution in [3.63, 3.8) is 0 Å². The standard InChI is InChI=1S/C14H13ClFNO3S/c1-9-10(8-18)6-11(15)7-14(9)21(19,20)17-13-4-2-12(16)3-5-13/h2-7,17-18H,8H2,1H3. The van der Waals surface area contributed by atoms with Gasteiger partial charge in [-0.3, -0.25) is 4.72 Å². The fourth-order valence-electron chi connectivity index (χ4n) is 1.88. The Balaban J connectivity index is 2.44. The maximum absolute atomic E-state index is 12.8. The number of hydrogen-bond donors (Lipinski definition) is 2. The van der Waals surface area contributed by atoms with Crippen LogP contribution in [0.25, 0.3) is 0 Å². The van der Waals surface area contributed by atoms with Crippen molar-refractivity contribution in [2.45, 2.75) is 18.4 Å². The Labute approximate surface area is 127 Å². The molecule has 0 saturated carbocycles. The summed E-state index contributed by atoms with van der Waals surface area (Å²) in [6, 6.07) is 7.76. The SMILES string of the molecule is Cc1c(CO)cc(Cl)cc1S(=O)(=O)Nc1ccc(F)cc1. The maximum Gasteiger partial charge on any atom is 0.262 e. The van der Waals surface area contributed by atoms with Gasteiger partial charge < -0.3 is 5.11 Å². The predicted octanol–water partition coefficient (Wildman–Crippen LogP) is 3.08. The Hall–Kier alpha value is -1.63. The van der Waals surface area contributed by atoms with Crippen molar-refractivity contribution >= 4 is 27.3 Å². The summed E-state index contributed by atoms with van der Waals surface area (Å²) >= 11 is 5.88. The number of sulfonamides is 1. The summed E-state index contributed by atoms with van der Waals surface area (Å²) in [6.45, 7) is 1.27. The Morgan fingerprint density at radius 3 is 2.43 bits per heavy atom. The molecule has 0 amide bonds. The Kier molecular flexibility index (Phi) is 4.51. The average Bonchev–Trinajstić information content (AvgIpc) is 2.43. The fourth-order valence-corrected chi connectivity index (χ4v) is 3.56. The Morgan fingerprint density at radius 2 is 1.86 bits per heavy atom. The number of rotatable bonds is 4. The van der Waals surface area contributed by atoms with Gasteiger partial charge in [-0.15, -0.1) is 0 Å². The second-order valence-electron chi connectivity index (χ2n) is 4.46. The van der Waals surface area contributed by atoms with Crippen LogP contribution in [0.15, 0.2) is 41.3 Å². The molecule has 0 spiro atoms. The summed E-state index contributed by atoms with van der Waals surface area (Å²) < 4.78 is 39.9. The molecule has 7 heteroatoms. The minimum Gasteiger partial charge on any atom is -0.392 e. The summed E-state index contributed by atoms with van der Waals surface area (Å²) in [5.41, 5.74) is 1.08. The highest BCUT2D eigenvalue weighted by Gasteiger charge is 2.19. The molecule has 0 unspecified atom stereocenters. The largest absolute Gasteiger partial charge is 0.392 e. The second-order valence-corrected chi connectivity index (χ2v) is 6.55. The van der Waals surface area contributed by atoms with Gasteiger partial charge in [0.2, 0.25) is 0 Å². The van der Waals surface area contributed by atoms with Crippen molar-refractivity contribution in [1.82, 2.24) is 0 Å². The van der Waals surface area contributed by atoms with Gasteiger partial charge in [0.05, 0.1) is 11.5 Å². The zero-order valence-corrected chi connectivity index (χ0v) is 12.7. The van der Waals surface area contributed by atoms with E-state index in [0.29, 0.717) is 11.1 Å². The molecular formula is C14H13ClFNO3S. The van der Waals surface area contributed by atoms with Gasteiger partial charge in [0, 0.05) is 10.7 Å². The van der Waals surface area contributed by atoms with Crippen molar-refractivity contribution < 1.29 is 17.9 Å². The van der Waals surface area contributed by atoms with Crippen LogP contribution in [0.2, 0.25) is 5.02 Å². The highest BCUT2D eigenvalue weighted by Crippen LogP contribution is 2.26. The summed E-state index contributed by atoms with van der Waals surface area (Å²) in [5, 5.41) is 9.45. The lowest BCUT2D eigenvalue weighted by Crippen LogP contribution is -2.15. The summed E-state index contributed by atoms with van der Waals surface area (Å²) in [7, 11) is -3.88. The van der Waals surface area contributed by atoms with Crippen molar-refractivity contribution in [2.75, 3.05) is 4.72 Å². The molecule has 2 aromatic rings. The molecule has 0 saturated heterocycles. The molecule has 2 aromatic carbocycles. The van der Waals surface area contributed by atoms with Crippen LogP contribution in [0.4, 0.5) is 10.1 Å². The van der Waals surface area contributed by atoms with Gasteiger partial charge in [-0.05, 0) is 54.4 Å². The monoisotopic (exact) mass is 329 g/mol. The fraction of sp³-hybridized carbons (Fsp3) is 0.143. The van der Waals surface area contributed by atoms with Gasteiger partial charge in [0.25, 0.3) is 10.0 Å². The third kappa shape index (κ3) is 3.53. The van der Waals surface area contributed by atoms with E-state index in [1.54, 1.807) is 6.92 Å². The lowest BCUT2D eigenvalue weighted by Gasteiger charge is -2.13. The van der Waals surface area contributed by atoms with E-state index >= 15 is 0 Å². The molecule has 0 aliphatic heterocycles. The lowest BCUT2D eigenvalue weighted by atomic mass is 10.1. The highest BCUT2D eigenvalue weighted by atomic mass is 35.5. The molecule has 0 aliphatic rings. The first-order valence-electron chi connectivity index (χ1n) is 6.02. The number of benzene rings is 2. The molecule has 4 nitrogen and oxygen atoms in total. The molecule has 0 heterocycles. The van der Waals surface area contributed by atoms with Gasteiger partial charge in [-0.1, -0.05) is 11.6 Å². The van der Waals surface area contributed by atoms with Crippen LogP contribution in [0.5, 0.6) is 0 Å². The van der Waals surface area contributed by atoms with Crippen LogP contribution < -0.4 is 4.72 Å². The van der Waals surface area contributed by atoms with E-state index in [2.05, 4.69) is 4.72 Å². The van der Waals surface area contributed by atoms with Gasteiger partial charge >= 0.3 is 0 Å². The molecule has 21 heavy (non-hydrogen) atoms. The molecule has 2 rings (SSSR count). The Morgan fingerprint density at radius 1 is 1.24 bits per heavy atom. The number of aliphatic hydroxyl groups excluding tert-OH is 1. The molecule has 0 aromatic heterocycles. The molecule has 112 valence electrons. The maximum atomic E-state index is 12.8. The summed E-state index contributed by atoms with van der Waals surface area (Å²) in [6.07, 6.45) is 0. The van der Waals surface area contributed by atoms with Crippen molar-refractivity contribution in [3.05, 3.63) is 58.4 Å². The predicted molar refractivity (Wildman–Crippen MR) is 79.3 cm³/mol. The van der Waals surface area contributed by atoms with Gasteiger partial charge in [0.15, 0.2) is 0 Å². The van der Waals surface area contributed by atoms with Gasteiger partial charge in [0.1, 0.15) is 5.82 Å². The van der Waals surface area contributed by atoms with Crippen LogP contribution in [-0.4, -0.2) is 13.5 Å². The van der Waals surface area contributed by atoms with Gasteiger partial charge in [-0.2, -0.15) is 0 Å². The van der Waals surface area contributed by atoms with E-state index in [4.69, 9.17) is 11.6 Å². The minimum absolute atomic E-state index is 0.0247. The van der Waals surface area contributed by atoms with Crippen molar-refractivity contribution in [2.24, 2.45) is 0 Å². The first-order chi connectivity index (χ1) is 9.83. The lowest BCUT2D eigenvalue weighted by molar-refractivity contribution is 0.280. The quantitative estimate of drug-likeness (QED) is 0.906. The smallest absolute Gasteiger partial charge is 0.262 e. The molecule has 0 aliphatic carbocycles. The first-order valence-corrected chi connectivity index (χ1v) is 7.88. The summed E-state index contributed by atoms with van der Waals surface area (Å²) in [5.74, 6) is -0.459. The number of halogens is 2. The van der Waals surface area contributed by atoms with Gasteiger partial charge in [-0.25, -0.2) is 12.8 Å². The molecule has 2 N–H and O–H groups in total. The van der Waals surface area contributed by atoms with Crippen LogP contribution in [0.3, 0.4) is 0 Å². The zero-order valence-electron chi connectivity index (χ0n) is 11.1. The van der Waals surface area contributed by atoms with Crippen LogP contribution in [0, 0.1) is 12.7 Å².